The number of hydrogen-bond acceptors (Lipinski definition) is 3. The summed E-state index contributed by atoms with van der Waals surface area (Å²) in [6.07, 6.45) is 2.96. The number of aromatic nitrogens is 1. The van der Waals surface area contributed by atoms with Crippen LogP contribution in [-0.4, -0.2) is 4.98 Å². The van der Waals surface area contributed by atoms with Gasteiger partial charge in [-0.15, -0.1) is 12.4 Å². The molecule has 1 aromatic rings. The first-order chi connectivity index (χ1) is 3.43. The third-order valence-electron chi connectivity index (χ3n) is 0.685. The van der Waals surface area contributed by atoms with Crippen molar-refractivity contribution in [3.05, 3.63) is 18.4 Å². The van der Waals surface area contributed by atoms with Gasteiger partial charge in [0.2, 0.25) is 0 Å². The molecule has 0 bridgehead atoms. The molecule has 0 aliphatic carbocycles. The Morgan fingerprint density at radius 1 is 1.75 bits per heavy atom. The van der Waals surface area contributed by atoms with E-state index in [-0.39, 0.29) is 12.4 Å². The topological polar surface area (TPSA) is 52.0 Å². The first kappa shape index (κ1) is 7.46. The van der Waals surface area contributed by atoms with Gasteiger partial charge in [-0.1, -0.05) is 0 Å². The number of rotatable bonds is 1. The zero-order valence-corrected chi connectivity index (χ0v) is 5.02. The summed E-state index contributed by atoms with van der Waals surface area (Å²) in [7, 11) is 0. The minimum Gasteiger partial charge on any atom is -0.447 e. The highest BCUT2D eigenvalue weighted by Gasteiger charge is 1.86. The van der Waals surface area contributed by atoms with Crippen molar-refractivity contribution in [1.82, 2.24) is 4.98 Å². The summed E-state index contributed by atoms with van der Waals surface area (Å²) in [5.41, 5.74) is 5.16. The van der Waals surface area contributed by atoms with Crippen LogP contribution < -0.4 is 5.73 Å². The van der Waals surface area contributed by atoms with Crippen molar-refractivity contribution in [1.29, 1.82) is 0 Å². The van der Waals surface area contributed by atoms with Crippen molar-refractivity contribution >= 4 is 12.4 Å². The van der Waals surface area contributed by atoms with E-state index in [1.165, 1.54) is 6.39 Å². The maximum atomic E-state index is 5.16. The van der Waals surface area contributed by atoms with Gasteiger partial charge in [-0.3, -0.25) is 0 Å². The standard InChI is InChI=1S/C4H6N2O.ClH/c5-1-4-2-6-3-7-4;/h2-3H,1,5H2;1H. The Kier molecular flexibility index (Phi) is 3.23. The molecule has 0 aliphatic heterocycles. The van der Waals surface area contributed by atoms with Crippen molar-refractivity contribution in [3.63, 3.8) is 0 Å². The summed E-state index contributed by atoms with van der Waals surface area (Å²) in [6.45, 7) is 0.431. The first-order valence-electron chi connectivity index (χ1n) is 2.01. The Bertz CT molecular complexity index is 129. The Morgan fingerprint density at radius 3 is 2.75 bits per heavy atom. The lowest BCUT2D eigenvalue weighted by molar-refractivity contribution is 0.506. The van der Waals surface area contributed by atoms with Crippen LogP contribution in [0.2, 0.25) is 0 Å². The summed E-state index contributed by atoms with van der Waals surface area (Å²) in [5.74, 6) is 0.722. The largest absolute Gasteiger partial charge is 0.447 e. The molecule has 1 rings (SSSR count). The predicted molar refractivity (Wildman–Crippen MR) is 31.6 cm³/mol. The fraction of sp³-hybridized carbons (Fsp3) is 0.250. The van der Waals surface area contributed by atoms with Crippen LogP contribution in [0.15, 0.2) is 17.0 Å². The molecular formula is C4H7ClN2O. The predicted octanol–water partition coefficient (Wildman–Crippen LogP) is 0.555. The molecule has 46 valence electrons. The highest BCUT2D eigenvalue weighted by Crippen LogP contribution is 1.91. The second-order valence-electron chi connectivity index (χ2n) is 1.17. The van der Waals surface area contributed by atoms with Crippen LogP contribution in [-0.2, 0) is 6.54 Å². The summed E-state index contributed by atoms with van der Waals surface area (Å²) in [6, 6.07) is 0. The zero-order chi connectivity index (χ0) is 5.11. The highest BCUT2D eigenvalue weighted by molar-refractivity contribution is 5.85. The van der Waals surface area contributed by atoms with Crippen LogP contribution in [0, 0.1) is 0 Å². The molecule has 1 heterocycles. The van der Waals surface area contributed by atoms with Crippen LogP contribution in [0.4, 0.5) is 0 Å². The number of nitrogens with two attached hydrogens (primary N) is 1. The number of nitrogens with zero attached hydrogens (tertiary/aromatic N) is 1. The van der Waals surface area contributed by atoms with E-state index < -0.39 is 0 Å². The number of hydrogen-bond donors (Lipinski definition) is 1. The highest BCUT2D eigenvalue weighted by atomic mass is 35.5. The maximum absolute atomic E-state index is 5.16. The molecule has 0 amide bonds. The van der Waals surface area contributed by atoms with Gasteiger partial charge in [0.05, 0.1) is 12.7 Å². The van der Waals surface area contributed by atoms with E-state index in [0.29, 0.717) is 6.54 Å². The van der Waals surface area contributed by atoms with Crippen LogP contribution in [0.3, 0.4) is 0 Å². The van der Waals surface area contributed by atoms with Gasteiger partial charge >= 0.3 is 0 Å². The summed E-state index contributed by atoms with van der Waals surface area (Å²) in [4.78, 5) is 3.65. The Morgan fingerprint density at radius 2 is 2.50 bits per heavy atom. The number of oxazole rings is 1. The fourth-order valence-corrected chi connectivity index (χ4v) is 0.343. The van der Waals surface area contributed by atoms with Gasteiger partial charge in [0.15, 0.2) is 6.39 Å². The molecular weight excluding hydrogens is 128 g/mol. The van der Waals surface area contributed by atoms with Crippen molar-refractivity contribution in [2.45, 2.75) is 6.54 Å². The van der Waals surface area contributed by atoms with Crippen LogP contribution >= 0.6 is 12.4 Å². The molecule has 2 N–H and O–H groups in total. The van der Waals surface area contributed by atoms with E-state index >= 15 is 0 Å². The Labute approximate surface area is 53.3 Å². The second kappa shape index (κ2) is 3.46. The lowest BCUT2D eigenvalue weighted by Crippen LogP contribution is -1.92. The molecule has 4 heteroatoms. The zero-order valence-electron chi connectivity index (χ0n) is 4.20. The molecule has 0 aliphatic rings. The molecule has 0 fully saturated rings. The van der Waals surface area contributed by atoms with Gasteiger partial charge < -0.3 is 10.2 Å². The minimum absolute atomic E-state index is 0. The van der Waals surface area contributed by atoms with Gasteiger partial charge in [-0.05, 0) is 0 Å². The number of halogens is 1. The van der Waals surface area contributed by atoms with Crippen LogP contribution in [0.25, 0.3) is 0 Å². The average Bonchev–Trinajstić information content (AvgIpc) is 2.14. The molecule has 8 heavy (non-hydrogen) atoms. The quantitative estimate of drug-likeness (QED) is 0.611. The van der Waals surface area contributed by atoms with Crippen molar-refractivity contribution < 1.29 is 4.42 Å². The van der Waals surface area contributed by atoms with Gasteiger partial charge in [0.1, 0.15) is 5.76 Å². The van der Waals surface area contributed by atoms with E-state index in [9.17, 15) is 0 Å². The van der Waals surface area contributed by atoms with Gasteiger partial charge in [0, 0.05) is 0 Å². The third kappa shape index (κ3) is 1.52. The lowest BCUT2D eigenvalue weighted by atomic mass is 10.5. The molecule has 1 aromatic heterocycles. The minimum atomic E-state index is 0. The van der Waals surface area contributed by atoms with E-state index in [0.717, 1.165) is 5.76 Å². The molecule has 0 saturated carbocycles. The second-order valence-corrected chi connectivity index (χ2v) is 1.17. The van der Waals surface area contributed by atoms with Gasteiger partial charge in [0.25, 0.3) is 0 Å². The normalized spacial score (nSPS) is 8.12. The smallest absolute Gasteiger partial charge is 0.180 e. The third-order valence-corrected chi connectivity index (χ3v) is 0.685. The van der Waals surface area contributed by atoms with Crippen molar-refractivity contribution in [3.8, 4) is 0 Å². The molecule has 3 nitrogen and oxygen atoms in total. The monoisotopic (exact) mass is 134 g/mol. The average molecular weight is 135 g/mol. The summed E-state index contributed by atoms with van der Waals surface area (Å²) in [5, 5.41) is 0. The van der Waals surface area contributed by atoms with E-state index in [1.54, 1.807) is 6.20 Å². The molecule has 0 spiro atoms. The Hall–Kier alpha value is -0.540. The van der Waals surface area contributed by atoms with E-state index in [2.05, 4.69) is 4.98 Å². The SMILES string of the molecule is Cl.NCc1cnco1. The first-order valence-corrected chi connectivity index (χ1v) is 2.01. The molecule has 0 saturated heterocycles. The van der Waals surface area contributed by atoms with Gasteiger partial charge in [-0.25, -0.2) is 4.98 Å². The molecule has 0 aromatic carbocycles. The molecule has 0 radical (unpaired) electrons. The van der Waals surface area contributed by atoms with Crippen LogP contribution in [0.1, 0.15) is 5.76 Å². The summed E-state index contributed by atoms with van der Waals surface area (Å²) < 4.78 is 4.75. The van der Waals surface area contributed by atoms with Crippen LogP contribution in [0.5, 0.6) is 0 Å². The molecule has 0 atom stereocenters. The van der Waals surface area contributed by atoms with Crippen molar-refractivity contribution in [2.75, 3.05) is 0 Å². The van der Waals surface area contributed by atoms with Crippen molar-refractivity contribution in [2.24, 2.45) is 5.73 Å². The summed E-state index contributed by atoms with van der Waals surface area (Å²) >= 11 is 0. The van der Waals surface area contributed by atoms with E-state index in [1.807, 2.05) is 0 Å². The van der Waals surface area contributed by atoms with Gasteiger partial charge in [-0.2, -0.15) is 0 Å². The maximum Gasteiger partial charge on any atom is 0.180 e. The van der Waals surface area contributed by atoms with E-state index in [4.69, 9.17) is 10.2 Å². The Balaban J connectivity index is 0.000000490. The molecule has 0 unspecified atom stereocenters. The lowest BCUT2D eigenvalue weighted by Gasteiger charge is -1.78. The fourth-order valence-electron chi connectivity index (χ4n) is 0.343.